The summed E-state index contributed by atoms with van der Waals surface area (Å²) in [5.41, 5.74) is 7.17. The molecule has 0 unspecified atom stereocenters. The summed E-state index contributed by atoms with van der Waals surface area (Å²) in [4.78, 5) is 11.5. The topological polar surface area (TPSA) is 87.6 Å². The zero-order chi connectivity index (χ0) is 16.9. The molecule has 6 heteroatoms. The molecule has 1 amide bonds. The number of nitrogens with zero attached hydrogens (tertiary/aromatic N) is 1. The smallest absolute Gasteiger partial charge is 0.252 e. The molecular formula is C18H16N2O4. The number of nitrogens with two attached hydrogens (primary N) is 1. The number of benzene rings is 2. The largest absolute Gasteiger partial charge is 0.497 e. The molecule has 0 aliphatic heterocycles. The molecule has 2 aromatic carbocycles. The van der Waals surface area contributed by atoms with Crippen LogP contribution in [-0.4, -0.2) is 18.2 Å². The van der Waals surface area contributed by atoms with Crippen LogP contribution in [0.2, 0.25) is 0 Å². The van der Waals surface area contributed by atoms with Crippen molar-refractivity contribution in [1.82, 2.24) is 5.16 Å². The summed E-state index contributed by atoms with van der Waals surface area (Å²) in [5, 5.41) is 3.98. The van der Waals surface area contributed by atoms with Gasteiger partial charge in [0.05, 0.1) is 12.7 Å². The fourth-order valence-corrected chi connectivity index (χ4v) is 2.22. The normalized spacial score (nSPS) is 10.4. The Morgan fingerprint density at radius 1 is 1.17 bits per heavy atom. The standard InChI is InChI=1S/C18H16N2O4/c1-22-14-7-8-15(18(19)21)17(10-14)23-11-13-9-16(24-20-13)12-5-3-2-4-6-12/h2-10H,11H2,1H3,(H2,19,21). The zero-order valence-corrected chi connectivity index (χ0v) is 13.1. The predicted molar refractivity (Wildman–Crippen MR) is 87.8 cm³/mol. The van der Waals surface area contributed by atoms with E-state index in [0.717, 1.165) is 5.56 Å². The van der Waals surface area contributed by atoms with Gasteiger partial charge in [-0.15, -0.1) is 0 Å². The molecule has 6 nitrogen and oxygen atoms in total. The molecule has 0 radical (unpaired) electrons. The van der Waals surface area contributed by atoms with E-state index in [1.807, 2.05) is 30.3 Å². The van der Waals surface area contributed by atoms with Gasteiger partial charge in [-0.25, -0.2) is 0 Å². The maximum absolute atomic E-state index is 11.5. The van der Waals surface area contributed by atoms with Crippen molar-refractivity contribution >= 4 is 5.91 Å². The number of methoxy groups -OCH3 is 1. The molecule has 0 spiro atoms. The molecule has 0 saturated carbocycles. The highest BCUT2D eigenvalue weighted by atomic mass is 16.5. The van der Waals surface area contributed by atoms with Gasteiger partial charge >= 0.3 is 0 Å². The van der Waals surface area contributed by atoms with E-state index < -0.39 is 5.91 Å². The third-order valence-corrected chi connectivity index (χ3v) is 3.45. The molecule has 2 N–H and O–H groups in total. The van der Waals surface area contributed by atoms with E-state index in [1.54, 1.807) is 24.3 Å². The van der Waals surface area contributed by atoms with Crippen LogP contribution in [0.5, 0.6) is 11.5 Å². The van der Waals surface area contributed by atoms with Gasteiger partial charge in [-0.2, -0.15) is 0 Å². The first-order chi connectivity index (χ1) is 11.7. The summed E-state index contributed by atoms with van der Waals surface area (Å²) in [7, 11) is 1.53. The van der Waals surface area contributed by atoms with Crippen LogP contribution in [-0.2, 0) is 6.61 Å². The van der Waals surface area contributed by atoms with Crippen molar-refractivity contribution in [3.63, 3.8) is 0 Å². The number of hydrogen-bond acceptors (Lipinski definition) is 5. The van der Waals surface area contributed by atoms with Crippen LogP contribution in [0.1, 0.15) is 16.1 Å². The monoisotopic (exact) mass is 324 g/mol. The summed E-state index contributed by atoms with van der Waals surface area (Å²) in [6.45, 7) is 0.143. The first kappa shape index (κ1) is 15.6. The Morgan fingerprint density at radius 2 is 1.96 bits per heavy atom. The number of ether oxygens (including phenoxy) is 2. The van der Waals surface area contributed by atoms with Gasteiger partial charge in [0.2, 0.25) is 0 Å². The van der Waals surface area contributed by atoms with E-state index in [9.17, 15) is 4.79 Å². The SMILES string of the molecule is COc1ccc(C(N)=O)c(OCc2cc(-c3ccccc3)on2)c1. The predicted octanol–water partition coefficient (Wildman–Crippen LogP) is 3.03. The minimum atomic E-state index is -0.571. The molecule has 0 aliphatic carbocycles. The Bertz CT molecular complexity index is 843. The van der Waals surface area contributed by atoms with E-state index in [1.165, 1.54) is 7.11 Å². The fourth-order valence-electron chi connectivity index (χ4n) is 2.22. The van der Waals surface area contributed by atoms with Crippen molar-refractivity contribution in [2.45, 2.75) is 6.61 Å². The minimum absolute atomic E-state index is 0.143. The Labute approximate surface area is 138 Å². The Kier molecular flexibility index (Phi) is 4.47. The van der Waals surface area contributed by atoms with Crippen LogP contribution >= 0.6 is 0 Å². The molecular weight excluding hydrogens is 308 g/mol. The average molecular weight is 324 g/mol. The fraction of sp³-hybridized carbons (Fsp3) is 0.111. The quantitative estimate of drug-likeness (QED) is 0.753. The number of hydrogen-bond donors (Lipinski definition) is 1. The summed E-state index contributed by atoms with van der Waals surface area (Å²) in [6, 6.07) is 16.2. The molecule has 0 saturated heterocycles. The third-order valence-electron chi connectivity index (χ3n) is 3.45. The highest BCUT2D eigenvalue weighted by Crippen LogP contribution is 2.26. The zero-order valence-electron chi connectivity index (χ0n) is 13.1. The van der Waals surface area contributed by atoms with E-state index in [-0.39, 0.29) is 12.2 Å². The van der Waals surface area contributed by atoms with E-state index in [2.05, 4.69) is 5.16 Å². The average Bonchev–Trinajstić information content (AvgIpc) is 3.09. The number of carbonyl (C=O) groups is 1. The van der Waals surface area contributed by atoms with E-state index in [0.29, 0.717) is 23.0 Å². The molecule has 0 aliphatic rings. The highest BCUT2D eigenvalue weighted by molar-refractivity contribution is 5.95. The van der Waals surface area contributed by atoms with Crippen LogP contribution in [0.25, 0.3) is 11.3 Å². The van der Waals surface area contributed by atoms with Crippen LogP contribution in [0.4, 0.5) is 0 Å². The van der Waals surface area contributed by atoms with Gasteiger partial charge in [0.25, 0.3) is 5.91 Å². The molecule has 122 valence electrons. The van der Waals surface area contributed by atoms with Crippen molar-refractivity contribution in [2.75, 3.05) is 7.11 Å². The highest BCUT2D eigenvalue weighted by Gasteiger charge is 2.13. The lowest BCUT2D eigenvalue weighted by Gasteiger charge is -2.09. The molecule has 24 heavy (non-hydrogen) atoms. The van der Waals surface area contributed by atoms with Gasteiger partial charge < -0.3 is 19.7 Å². The number of carbonyl (C=O) groups excluding carboxylic acids is 1. The first-order valence-corrected chi connectivity index (χ1v) is 7.29. The number of amides is 1. The molecule has 3 rings (SSSR count). The van der Waals surface area contributed by atoms with Gasteiger partial charge in [-0.3, -0.25) is 4.79 Å². The lowest BCUT2D eigenvalue weighted by Crippen LogP contribution is -2.13. The number of primary amides is 1. The lowest BCUT2D eigenvalue weighted by molar-refractivity contribution is 0.0995. The van der Waals surface area contributed by atoms with Crippen LogP contribution in [0, 0.1) is 0 Å². The Morgan fingerprint density at radius 3 is 2.67 bits per heavy atom. The van der Waals surface area contributed by atoms with Gasteiger partial charge in [-0.1, -0.05) is 35.5 Å². The second-order valence-electron chi connectivity index (χ2n) is 5.06. The maximum Gasteiger partial charge on any atom is 0.252 e. The summed E-state index contributed by atoms with van der Waals surface area (Å²) in [6.07, 6.45) is 0. The second kappa shape index (κ2) is 6.87. The van der Waals surface area contributed by atoms with Gasteiger partial charge in [0.1, 0.15) is 23.8 Å². The summed E-state index contributed by atoms with van der Waals surface area (Å²) < 4.78 is 16.1. The van der Waals surface area contributed by atoms with Crippen molar-refractivity contribution in [1.29, 1.82) is 0 Å². The Hall–Kier alpha value is -3.28. The number of rotatable bonds is 6. The van der Waals surface area contributed by atoms with Crippen LogP contribution in [0.15, 0.2) is 59.1 Å². The summed E-state index contributed by atoms with van der Waals surface area (Å²) >= 11 is 0. The van der Waals surface area contributed by atoms with Crippen molar-refractivity contribution in [2.24, 2.45) is 5.73 Å². The molecule has 1 heterocycles. The van der Waals surface area contributed by atoms with Crippen molar-refractivity contribution in [3.05, 3.63) is 65.9 Å². The van der Waals surface area contributed by atoms with Gasteiger partial charge in [0, 0.05) is 17.7 Å². The van der Waals surface area contributed by atoms with Crippen molar-refractivity contribution in [3.8, 4) is 22.8 Å². The molecule has 0 atom stereocenters. The molecule has 0 bridgehead atoms. The van der Waals surface area contributed by atoms with Crippen LogP contribution in [0.3, 0.4) is 0 Å². The van der Waals surface area contributed by atoms with Crippen LogP contribution < -0.4 is 15.2 Å². The molecule has 0 fully saturated rings. The molecule has 3 aromatic rings. The summed E-state index contributed by atoms with van der Waals surface area (Å²) in [5.74, 6) is 0.985. The van der Waals surface area contributed by atoms with E-state index in [4.69, 9.17) is 19.7 Å². The second-order valence-corrected chi connectivity index (χ2v) is 5.06. The van der Waals surface area contributed by atoms with Gasteiger partial charge in [-0.05, 0) is 12.1 Å². The minimum Gasteiger partial charge on any atom is -0.497 e. The Balaban J connectivity index is 1.77. The van der Waals surface area contributed by atoms with Gasteiger partial charge in [0.15, 0.2) is 5.76 Å². The van der Waals surface area contributed by atoms with Crippen molar-refractivity contribution < 1.29 is 18.8 Å². The molecule has 1 aromatic heterocycles. The first-order valence-electron chi connectivity index (χ1n) is 7.29. The maximum atomic E-state index is 11.5. The lowest BCUT2D eigenvalue weighted by atomic mass is 10.1. The number of aromatic nitrogens is 1. The van der Waals surface area contributed by atoms with E-state index >= 15 is 0 Å². The third kappa shape index (κ3) is 3.38.